The normalized spacial score (nSPS) is 14.5. The van der Waals surface area contributed by atoms with Gasteiger partial charge in [0.05, 0.1) is 12.1 Å². The number of rotatable bonds is 4. The van der Waals surface area contributed by atoms with Gasteiger partial charge in [-0.15, -0.1) is 0 Å². The van der Waals surface area contributed by atoms with Crippen molar-refractivity contribution in [2.75, 3.05) is 0 Å². The molecular formula is C13H19ClN2O. The summed E-state index contributed by atoms with van der Waals surface area (Å²) in [6.45, 7) is 5.74. The van der Waals surface area contributed by atoms with Crippen molar-refractivity contribution in [3.05, 3.63) is 34.9 Å². The molecule has 2 atom stereocenters. The summed E-state index contributed by atoms with van der Waals surface area (Å²) >= 11 is 6.06. The minimum atomic E-state index is -0.486. The van der Waals surface area contributed by atoms with Gasteiger partial charge in [-0.2, -0.15) is 0 Å². The third kappa shape index (κ3) is 3.72. The van der Waals surface area contributed by atoms with Crippen molar-refractivity contribution >= 4 is 17.5 Å². The van der Waals surface area contributed by atoms with E-state index in [-0.39, 0.29) is 17.9 Å². The number of carbonyl (C=O) groups excluding carboxylic acids is 1. The summed E-state index contributed by atoms with van der Waals surface area (Å²) in [5, 5.41) is 3.52. The first kappa shape index (κ1) is 14.0. The van der Waals surface area contributed by atoms with E-state index < -0.39 is 6.04 Å². The lowest BCUT2D eigenvalue weighted by Crippen LogP contribution is -2.44. The van der Waals surface area contributed by atoms with Gasteiger partial charge in [0.25, 0.3) is 0 Å². The Kier molecular flexibility index (Phi) is 4.97. The van der Waals surface area contributed by atoms with E-state index >= 15 is 0 Å². The van der Waals surface area contributed by atoms with Crippen LogP contribution in [0.4, 0.5) is 0 Å². The van der Waals surface area contributed by atoms with Crippen molar-refractivity contribution in [2.45, 2.75) is 32.9 Å². The maximum absolute atomic E-state index is 11.8. The molecule has 0 saturated heterocycles. The topological polar surface area (TPSA) is 55.1 Å². The van der Waals surface area contributed by atoms with Gasteiger partial charge in [-0.3, -0.25) is 4.79 Å². The molecule has 17 heavy (non-hydrogen) atoms. The maximum Gasteiger partial charge on any atom is 0.237 e. The molecule has 1 amide bonds. The van der Waals surface area contributed by atoms with Gasteiger partial charge >= 0.3 is 0 Å². The fraction of sp³-hybridized carbons (Fsp3) is 0.462. The van der Waals surface area contributed by atoms with Crippen LogP contribution in [0.1, 0.15) is 32.4 Å². The molecule has 0 spiro atoms. The van der Waals surface area contributed by atoms with Gasteiger partial charge in [0.2, 0.25) is 5.91 Å². The van der Waals surface area contributed by atoms with E-state index in [4.69, 9.17) is 17.3 Å². The van der Waals surface area contributed by atoms with Crippen LogP contribution >= 0.6 is 11.6 Å². The van der Waals surface area contributed by atoms with Crippen molar-refractivity contribution < 1.29 is 4.79 Å². The van der Waals surface area contributed by atoms with E-state index in [1.54, 1.807) is 0 Å². The molecule has 0 aromatic heterocycles. The Hall–Kier alpha value is -1.06. The Bertz CT molecular complexity index is 393. The fourth-order valence-corrected chi connectivity index (χ4v) is 1.82. The molecule has 0 aliphatic heterocycles. The lowest BCUT2D eigenvalue weighted by Gasteiger charge is -2.20. The summed E-state index contributed by atoms with van der Waals surface area (Å²) in [6.07, 6.45) is 0. The van der Waals surface area contributed by atoms with E-state index in [0.29, 0.717) is 5.02 Å². The molecule has 0 saturated carbocycles. The Labute approximate surface area is 107 Å². The second-order valence-electron chi connectivity index (χ2n) is 4.52. The van der Waals surface area contributed by atoms with Crippen LogP contribution < -0.4 is 11.1 Å². The Morgan fingerprint density at radius 3 is 2.41 bits per heavy atom. The second kappa shape index (κ2) is 6.03. The maximum atomic E-state index is 11.8. The molecule has 94 valence electrons. The molecule has 0 radical (unpaired) electrons. The van der Waals surface area contributed by atoms with Crippen molar-refractivity contribution in [2.24, 2.45) is 11.7 Å². The van der Waals surface area contributed by atoms with Crippen molar-refractivity contribution in [1.82, 2.24) is 5.32 Å². The number of nitrogens with two attached hydrogens (primary N) is 1. The molecule has 1 aromatic rings. The first-order valence-electron chi connectivity index (χ1n) is 5.74. The average Bonchev–Trinajstić information content (AvgIpc) is 2.28. The van der Waals surface area contributed by atoms with E-state index in [2.05, 4.69) is 5.32 Å². The molecule has 3 N–H and O–H groups in total. The fourth-order valence-electron chi connectivity index (χ4n) is 1.52. The van der Waals surface area contributed by atoms with Gasteiger partial charge in [-0.05, 0) is 24.5 Å². The molecule has 0 heterocycles. The van der Waals surface area contributed by atoms with Gasteiger partial charge < -0.3 is 11.1 Å². The summed E-state index contributed by atoms with van der Waals surface area (Å²) in [5.74, 6) is -0.0270. The van der Waals surface area contributed by atoms with Crippen LogP contribution in [0.15, 0.2) is 24.3 Å². The number of halogens is 1. The standard InChI is InChI=1S/C13H19ClN2O/c1-8(2)12(15)13(17)16-9(3)10-6-4-5-7-11(10)14/h4-9,12H,15H2,1-3H3,(H,16,17)/t9-,12+/m0/s1. The van der Waals surface area contributed by atoms with Gasteiger partial charge in [-0.25, -0.2) is 0 Å². The number of hydrogen-bond donors (Lipinski definition) is 2. The SMILES string of the molecule is CC(C)[C@@H](N)C(=O)N[C@@H](C)c1ccccc1Cl. The van der Waals surface area contributed by atoms with Gasteiger partial charge in [0.1, 0.15) is 0 Å². The minimum absolute atomic E-state index is 0.119. The number of carbonyl (C=O) groups is 1. The zero-order valence-electron chi connectivity index (χ0n) is 10.4. The van der Waals surface area contributed by atoms with Crippen LogP contribution in [0.25, 0.3) is 0 Å². The highest BCUT2D eigenvalue weighted by atomic mass is 35.5. The quantitative estimate of drug-likeness (QED) is 0.868. The number of benzene rings is 1. The molecule has 0 unspecified atom stereocenters. The van der Waals surface area contributed by atoms with E-state index in [9.17, 15) is 4.79 Å². The lowest BCUT2D eigenvalue weighted by atomic mass is 10.0. The first-order chi connectivity index (χ1) is 7.93. The molecule has 0 bridgehead atoms. The predicted octanol–water partition coefficient (Wildman–Crippen LogP) is 2.50. The summed E-state index contributed by atoms with van der Waals surface area (Å²) in [6, 6.07) is 6.84. The van der Waals surface area contributed by atoms with E-state index in [1.807, 2.05) is 45.0 Å². The average molecular weight is 255 g/mol. The Balaban J connectivity index is 2.70. The number of nitrogens with one attached hydrogen (secondary N) is 1. The summed E-state index contributed by atoms with van der Waals surface area (Å²) in [5.41, 5.74) is 6.68. The van der Waals surface area contributed by atoms with Crippen LogP contribution in [0.3, 0.4) is 0 Å². The Morgan fingerprint density at radius 2 is 1.88 bits per heavy atom. The predicted molar refractivity (Wildman–Crippen MR) is 70.8 cm³/mol. The van der Waals surface area contributed by atoms with Crippen molar-refractivity contribution in [3.63, 3.8) is 0 Å². The molecular weight excluding hydrogens is 236 g/mol. The van der Waals surface area contributed by atoms with E-state index in [0.717, 1.165) is 5.56 Å². The van der Waals surface area contributed by atoms with Crippen LogP contribution in [0.5, 0.6) is 0 Å². The van der Waals surface area contributed by atoms with Crippen molar-refractivity contribution in [3.8, 4) is 0 Å². The van der Waals surface area contributed by atoms with Crippen molar-refractivity contribution in [1.29, 1.82) is 0 Å². The molecule has 0 fully saturated rings. The second-order valence-corrected chi connectivity index (χ2v) is 4.93. The number of hydrogen-bond acceptors (Lipinski definition) is 2. The van der Waals surface area contributed by atoms with Crippen LogP contribution in [-0.4, -0.2) is 11.9 Å². The first-order valence-corrected chi connectivity index (χ1v) is 6.11. The third-order valence-electron chi connectivity index (χ3n) is 2.75. The van der Waals surface area contributed by atoms with Gasteiger partial charge in [-0.1, -0.05) is 43.6 Å². The van der Waals surface area contributed by atoms with Crippen LogP contribution in [0, 0.1) is 5.92 Å². The third-order valence-corrected chi connectivity index (χ3v) is 3.10. The molecule has 4 heteroatoms. The zero-order chi connectivity index (χ0) is 13.0. The lowest BCUT2D eigenvalue weighted by molar-refractivity contribution is -0.123. The number of amides is 1. The van der Waals surface area contributed by atoms with Gasteiger partial charge in [0.15, 0.2) is 0 Å². The minimum Gasteiger partial charge on any atom is -0.348 e. The largest absolute Gasteiger partial charge is 0.348 e. The monoisotopic (exact) mass is 254 g/mol. The highest BCUT2D eigenvalue weighted by Crippen LogP contribution is 2.22. The van der Waals surface area contributed by atoms with E-state index in [1.165, 1.54) is 0 Å². The summed E-state index contributed by atoms with van der Waals surface area (Å²) < 4.78 is 0. The van der Waals surface area contributed by atoms with Crippen LogP contribution in [0.2, 0.25) is 5.02 Å². The molecule has 0 aliphatic carbocycles. The molecule has 1 rings (SSSR count). The summed E-state index contributed by atoms with van der Waals surface area (Å²) in [7, 11) is 0. The highest BCUT2D eigenvalue weighted by Gasteiger charge is 2.20. The highest BCUT2D eigenvalue weighted by molar-refractivity contribution is 6.31. The Morgan fingerprint density at radius 1 is 1.29 bits per heavy atom. The zero-order valence-corrected chi connectivity index (χ0v) is 11.2. The van der Waals surface area contributed by atoms with Gasteiger partial charge in [0, 0.05) is 5.02 Å². The molecule has 3 nitrogen and oxygen atoms in total. The molecule has 0 aliphatic rings. The molecule has 1 aromatic carbocycles. The smallest absolute Gasteiger partial charge is 0.237 e. The van der Waals surface area contributed by atoms with Crippen LogP contribution in [-0.2, 0) is 4.79 Å². The summed E-state index contributed by atoms with van der Waals surface area (Å²) in [4.78, 5) is 11.8.